The first-order valence-corrected chi connectivity index (χ1v) is 12.8. The van der Waals surface area contributed by atoms with E-state index in [9.17, 15) is 44.1 Å². The Hall–Kier alpha value is -4.99. The molecule has 12 nitrogen and oxygen atoms in total. The molecule has 13 heteroatoms. The maximum Gasteiger partial charge on any atom is 3.00 e. The number of allylic oxidation sites excluding steroid dienone is 9. The number of carboxylic acid groups (broad SMARTS) is 3. The van der Waals surface area contributed by atoms with Crippen LogP contribution in [0.3, 0.4) is 0 Å². The standard InChI is InChI=1S/3C10H9NO3.Al/c3*12-8-3-1-2-6-4-5-7(10(13)14)11-9(6)8;/h3*1,3-5,9,11H,2H2,(H,13,14);/q;;;+3/p-3. The monoisotopic (exact) mass is 597 g/mol. The first kappa shape index (κ1) is 32.5. The van der Waals surface area contributed by atoms with Crippen molar-refractivity contribution in [3.05, 3.63) is 107 Å². The van der Waals surface area contributed by atoms with Gasteiger partial charge in [-0.25, -0.2) is 0 Å². The van der Waals surface area contributed by atoms with E-state index in [1.165, 1.54) is 36.5 Å². The first-order chi connectivity index (χ1) is 20.0. The number of carboxylic acids is 3. The maximum absolute atomic E-state index is 11.4. The van der Waals surface area contributed by atoms with Crippen molar-refractivity contribution >= 4 is 52.6 Å². The van der Waals surface area contributed by atoms with Crippen molar-refractivity contribution in [2.45, 2.75) is 37.4 Å². The van der Waals surface area contributed by atoms with Crippen LogP contribution in [0.15, 0.2) is 107 Å². The van der Waals surface area contributed by atoms with Crippen LogP contribution >= 0.6 is 0 Å². The number of nitrogens with one attached hydrogen (secondary N) is 3. The molecule has 3 aliphatic heterocycles. The smallest absolute Gasteiger partial charge is 0.543 e. The summed E-state index contributed by atoms with van der Waals surface area (Å²) in [5.41, 5.74) is 2.56. The van der Waals surface area contributed by atoms with E-state index >= 15 is 0 Å². The van der Waals surface area contributed by atoms with E-state index in [2.05, 4.69) is 16.0 Å². The third kappa shape index (κ3) is 7.85. The zero-order valence-corrected chi connectivity index (χ0v) is 23.7. The molecule has 43 heavy (non-hydrogen) atoms. The molecule has 3 aliphatic carbocycles. The zero-order valence-electron chi connectivity index (χ0n) is 22.5. The number of hydrogen-bond donors (Lipinski definition) is 3. The van der Waals surface area contributed by atoms with Gasteiger partial charge in [0.1, 0.15) is 18.1 Å². The van der Waals surface area contributed by atoms with Gasteiger partial charge in [0.2, 0.25) is 0 Å². The second-order valence-corrected chi connectivity index (χ2v) is 9.59. The largest absolute Gasteiger partial charge is 3.00 e. The van der Waals surface area contributed by atoms with Gasteiger partial charge in [0.25, 0.3) is 0 Å². The Labute approximate surface area is 256 Å². The summed E-state index contributed by atoms with van der Waals surface area (Å²) in [7, 11) is 0. The molecule has 0 aromatic heterocycles. The van der Waals surface area contributed by atoms with Crippen molar-refractivity contribution in [1.29, 1.82) is 0 Å². The molecule has 0 radical (unpaired) electrons. The predicted octanol–water partition coefficient (Wildman–Crippen LogP) is -3.24. The first-order valence-electron chi connectivity index (χ1n) is 12.8. The van der Waals surface area contributed by atoms with Crippen molar-refractivity contribution in [1.82, 2.24) is 16.0 Å². The summed E-state index contributed by atoms with van der Waals surface area (Å²) >= 11 is 0. The van der Waals surface area contributed by atoms with Gasteiger partial charge in [-0.05, 0) is 72.4 Å². The molecule has 0 saturated carbocycles. The molecule has 0 saturated heterocycles. The van der Waals surface area contributed by atoms with Gasteiger partial charge < -0.3 is 45.7 Å². The molecule has 216 valence electrons. The third-order valence-corrected chi connectivity index (χ3v) is 6.82. The van der Waals surface area contributed by atoms with Crippen molar-refractivity contribution in [3.8, 4) is 0 Å². The molecule has 0 fully saturated rings. The van der Waals surface area contributed by atoms with Gasteiger partial charge in [0.05, 0.1) is 35.0 Å². The van der Waals surface area contributed by atoms with E-state index < -0.39 is 36.0 Å². The second kappa shape index (κ2) is 14.3. The zero-order chi connectivity index (χ0) is 30.4. The van der Waals surface area contributed by atoms with Crippen LogP contribution in [0.2, 0.25) is 0 Å². The van der Waals surface area contributed by atoms with E-state index in [0.29, 0.717) is 19.3 Å². The Kier molecular flexibility index (Phi) is 10.8. The summed E-state index contributed by atoms with van der Waals surface area (Å²) in [5.74, 6) is -4.22. The Morgan fingerprint density at radius 3 is 1.00 bits per heavy atom. The fourth-order valence-corrected chi connectivity index (χ4v) is 4.67. The quantitative estimate of drug-likeness (QED) is 0.274. The SMILES string of the molecule is O=C([O-])C1=CC=C2CC=CC(=O)C2N1.O=C([O-])C1=CC=C2CC=CC(=O)C2N1.O=C([O-])C1=CC=C2CC=CC(=O)C2N1.[Al+3]. The average molecular weight is 598 g/mol. The summed E-state index contributed by atoms with van der Waals surface area (Å²) in [5, 5.41) is 39.5. The van der Waals surface area contributed by atoms with Crippen LogP contribution in [-0.2, 0) is 28.8 Å². The number of fused-ring (bicyclic) bond motifs is 3. The van der Waals surface area contributed by atoms with E-state index in [-0.39, 0.29) is 51.8 Å². The minimum atomic E-state index is -1.29. The molecule has 3 atom stereocenters. The molecular formula is C30H24AlN3O9. The third-order valence-electron chi connectivity index (χ3n) is 6.82. The van der Waals surface area contributed by atoms with Gasteiger partial charge in [0, 0.05) is 0 Å². The van der Waals surface area contributed by atoms with Crippen LogP contribution in [0.4, 0.5) is 0 Å². The van der Waals surface area contributed by atoms with Crippen LogP contribution in [0, 0.1) is 0 Å². The number of rotatable bonds is 3. The van der Waals surface area contributed by atoms with Crippen LogP contribution in [0.25, 0.3) is 0 Å². The normalized spacial score (nSPS) is 24.0. The molecule has 6 rings (SSSR count). The van der Waals surface area contributed by atoms with Crippen molar-refractivity contribution in [3.63, 3.8) is 0 Å². The van der Waals surface area contributed by atoms with Gasteiger partial charge in [-0.3, -0.25) is 14.4 Å². The fraction of sp³-hybridized carbons (Fsp3) is 0.200. The summed E-state index contributed by atoms with van der Waals surface area (Å²) in [6.45, 7) is 0. The Bertz CT molecular complexity index is 1360. The molecule has 0 spiro atoms. The Morgan fingerprint density at radius 2 is 0.767 bits per heavy atom. The van der Waals surface area contributed by atoms with Crippen LogP contribution < -0.4 is 31.3 Å². The summed E-state index contributed by atoms with van der Waals surface area (Å²) < 4.78 is 0. The minimum absolute atomic E-state index is 0. The number of ketones is 3. The Morgan fingerprint density at radius 1 is 0.512 bits per heavy atom. The summed E-state index contributed by atoms with van der Waals surface area (Å²) in [4.78, 5) is 65.7. The number of carbonyl (C=O) groups excluding carboxylic acids is 6. The fourth-order valence-electron chi connectivity index (χ4n) is 4.67. The van der Waals surface area contributed by atoms with Crippen LogP contribution in [0.5, 0.6) is 0 Å². The van der Waals surface area contributed by atoms with Gasteiger partial charge in [-0.15, -0.1) is 0 Å². The molecule has 3 unspecified atom stereocenters. The molecule has 0 aromatic carbocycles. The van der Waals surface area contributed by atoms with Crippen molar-refractivity contribution in [2.24, 2.45) is 0 Å². The van der Waals surface area contributed by atoms with Crippen molar-refractivity contribution in [2.75, 3.05) is 0 Å². The molecule has 3 N–H and O–H groups in total. The molecular weight excluding hydrogens is 573 g/mol. The number of hydrogen-bond acceptors (Lipinski definition) is 12. The van der Waals surface area contributed by atoms with E-state index in [0.717, 1.165) is 16.7 Å². The average Bonchev–Trinajstić information content (AvgIpc) is 2.98. The minimum Gasteiger partial charge on any atom is -0.543 e. The molecule has 3 heterocycles. The van der Waals surface area contributed by atoms with E-state index in [4.69, 9.17) is 0 Å². The van der Waals surface area contributed by atoms with E-state index in [1.807, 2.05) is 0 Å². The number of aliphatic carboxylic acids is 3. The topological polar surface area (TPSA) is 208 Å². The van der Waals surface area contributed by atoms with Crippen LogP contribution in [-0.4, -0.2) is 70.7 Å². The summed E-state index contributed by atoms with van der Waals surface area (Å²) in [6, 6.07) is -1.55. The second-order valence-electron chi connectivity index (χ2n) is 9.59. The molecule has 6 aliphatic rings. The van der Waals surface area contributed by atoms with Gasteiger partial charge >= 0.3 is 17.4 Å². The number of carbonyl (C=O) groups is 6. The Balaban J connectivity index is 0.000000175. The molecule has 0 amide bonds. The number of dihydropyridines is 3. The maximum atomic E-state index is 11.4. The molecule has 0 aromatic rings. The van der Waals surface area contributed by atoms with Crippen LogP contribution in [0.1, 0.15) is 19.3 Å². The van der Waals surface area contributed by atoms with Gasteiger partial charge in [-0.2, -0.15) is 0 Å². The summed E-state index contributed by atoms with van der Waals surface area (Å²) in [6.07, 6.45) is 21.0. The van der Waals surface area contributed by atoms with Gasteiger partial charge in [0.15, 0.2) is 17.3 Å². The van der Waals surface area contributed by atoms with Gasteiger partial charge in [-0.1, -0.05) is 36.5 Å². The predicted molar refractivity (Wildman–Crippen MR) is 146 cm³/mol. The molecule has 0 bridgehead atoms. The van der Waals surface area contributed by atoms with E-state index in [1.54, 1.807) is 36.5 Å². The van der Waals surface area contributed by atoms with Crippen molar-refractivity contribution < 1.29 is 44.1 Å².